The third-order valence-electron chi connectivity index (χ3n) is 2.41. The van der Waals surface area contributed by atoms with E-state index in [-0.39, 0.29) is 5.91 Å². The lowest BCUT2D eigenvalue weighted by atomic mass is 10.1. The number of hydrogen-bond donors (Lipinski definition) is 2. The molecular formula is C14H13NOS. The van der Waals surface area contributed by atoms with Crippen LogP contribution in [0.2, 0.25) is 0 Å². The summed E-state index contributed by atoms with van der Waals surface area (Å²) in [4.78, 5) is 12.8. The minimum atomic E-state index is -0.0967. The van der Waals surface area contributed by atoms with E-state index in [4.69, 9.17) is 0 Å². The van der Waals surface area contributed by atoms with E-state index < -0.39 is 0 Å². The van der Waals surface area contributed by atoms with Gasteiger partial charge < -0.3 is 5.32 Å². The number of carbonyl (C=O) groups excluding carboxylic acids is 1. The van der Waals surface area contributed by atoms with Gasteiger partial charge in [-0.1, -0.05) is 17.7 Å². The number of rotatable bonds is 2. The van der Waals surface area contributed by atoms with Crippen molar-refractivity contribution >= 4 is 24.2 Å². The van der Waals surface area contributed by atoms with Crippen LogP contribution in [0.25, 0.3) is 0 Å². The molecule has 0 heterocycles. The molecule has 0 radical (unpaired) electrons. The average Bonchev–Trinajstić information content (AvgIpc) is 2.32. The van der Waals surface area contributed by atoms with Crippen molar-refractivity contribution in [2.24, 2.45) is 0 Å². The molecule has 2 aromatic rings. The van der Waals surface area contributed by atoms with Gasteiger partial charge in [0.25, 0.3) is 5.91 Å². The highest BCUT2D eigenvalue weighted by molar-refractivity contribution is 7.80. The molecule has 0 saturated heterocycles. The van der Waals surface area contributed by atoms with Gasteiger partial charge in [-0.05, 0) is 43.3 Å². The molecule has 17 heavy (non-hydrogen) atoms. The van der Waals surface area contributed by atoms with Crippen molar-refractivity contribution in [3.8, 4) is 0 Å². The Bertz CT molecular complexity index is 534. The molecule has 0 aliphatic carbocycles. The van der Waals surface area contributed by atoms with Crippen LogP contribution in [0.4, 0.5) is 5.69 Å². The number of amides is 1. The average molecular weight is 243 g/mol. The lowest BCUT2D eigenvalue weighted by molar-refractivity contribution is 0.102. The van der Waals surface area contributed by atoms with Gasteiger partial charge in [0.2, 0.25) is 0 Å². The number of anilines is 1. The van der Waals surface area contributed by atoms with Gasteiger partial charge in [0, 0.05) is 16.1 Å². The predicted molar refractivity (Wildman–Crippen MR) is 72.8 cm³/mol. The smallest absolute Gasteiger partial charge is 0.255 e. The Hall–Kier alpha value is -1.74. The van der Waals surface area contributed by atoms with Gasteiger partial charge in [0.05, 0.1) is 0 Å². The molecule has 0 aliphatic heterocycles. The van der Waals surface area contributed by atoms with Crippen LogP contribution in [0.3, 0.4) is 0 Å². The second-order valence-electron chi connectivity index (χ2n) is 3.87. The molecule has 0 unspecified atom stereocenters. The molecular weight excluding hydrogens is 230 g/mol. The van der Waals surface area contributed by atoms with Crippen molar-refractivity contribution in [1.82, 2.24) is 0 Å². The van der Waals surface area contributed by atoms with Crippen LogP contribution in [-0.2, 0) is 0 Å². The maximum absolute atomic E-state index is 11.9. The highest BCUT2D eigenvalue weighted by Crippen LogP contribution is 2.13. The first-order valence-electron chi connectivity index (χ1n) is 5.32. The number of aryl methyl sites for hydroxylation is 1. The molecule has 2 rings (SSSR count). The number of thiol groups is 1. The zero-order chi connectivity index (χ0) is 12.3. The van der Waals surface area contributed by atoms with E-state index in [1.54, 1.807) is 6.07 Å². The summed E-state index contributed by atoms with van der Waals surface area (Å²) in [5.41, 5.74) is 2.51. The topological polar surface area (TPSA) is 29.1 Å². The molecule has 1 amide bonds. The zero-order valence-electron chi connectivity index (χ0n) is 9.47. The van der Waals surface area contributed by atoms with E-state index in [1.165, 1.54) is 0 Å². The highest BCUT2D eigenvalue weighted by Gasteiger charge is 2.05. The van der Waals surface area contributed by atoms with Crippen molar-refractivity contribution in [3.63, 3.8) is 0 Å². The third-order valence-corrected chi connectivity index (χ3v) is 2.70. The Morgan fingerprint density at radius 3 is 2.47 bits per heavy atom. The summed E-state index contributed by atoms with van der Waals surface area (Å²) in [5, 5.41) is 2.84. The van der Waals surface area contributed by atoms with Crippen molar-refractivity contribution in [3.05, 3.63) is 59.7 Å². The lowest BCUT2D eigenvalue weighted by Gasteiger charge is -2.05. The Labute approximate surface area is 106 Å². The Kier molecular flexibility index (Phi) is 3.49. The van der Waals surface area contributed by atoms with Gasteiger partial charge in [0.15, 0.2) is 0 Å². The number of hydrogen-bond acceptors (Lipinski definition) is 2. The minimum absolute atomic E-state index is 0.0967. The molecule has 0 fully saturated rings. The van der Waals surface area contributed by atoms with E-state index in [9.17, 15) is 4.79 Å². The van der Waals surface area contributed by atoms with Crippen molar-refractivity contribution < 1.29 is 4.79 Å². The minimum Gasteiger partial charge on any atom is -0.322 e. The first-order valence-corrected chi connectivity index (χ1v) is 5.77. The summed E-state index contributed by atoms with van der Waals surface area (Å²) in [6.45, 7) is 1.96. The molecule has 0 bridgehead atoms. The van der Waals surface area contributed by atoms with E-state index in [1.807, 2.05) is 49.4 Å². The molecule has 2 aromatic carbocycles. The maximum atomic E-state index is 11.9. The normalized spacial score (nSPS) is 10.0. The molecule has 3 heteroatoms. The summed E-state index contributed by atoms with van der Waals surface area (Å²) in [6.07, 6.45) is 0. The fourth-order valence-electron chi connectivity index (χ4n) is 1.53. The van der Waals surface area contributed by atoms with Gasteiger partial charge in [0.1, 0.15) is 0 Å². The number of nitrogens with one attached hydrogen (secondary N) is 1. The van der Waals surface area contributed by atoms with Gasteiger partial charge in [-0.25, -0.2) is 0 Å². The van der Waals surface area contributed by atoms with E-state index in [0.717, 1.165) is 16.1 Å². The van der Waals surface area contributed by atoms with Crippen LogP contribution in [0.15, 0.2) is 53.4 Å². The Balaban J connectivity index is 2.14. The van der Waals surface area contributed by atoms with Gasteiger partial charge in [-0.15, -0.1) is 12.6 Å². The molecule has 0 saturated carbocycles. The molecule has 86 valence electrons. The maximum Gasteiger partial charge on any atom is 0.255 e. The molecule has 0 aliphatic rings. The fraction of sp³-hybridized carbons (Fsp3) is 0.0714. The summed E-state index contributed by atoms with van der Waals surface area (Å²) in [5.74, 6) is -0.0967. The molecule has 0 spiro atoms. The summed E-state index contributed by atoms with van der Waals surface area (Å²) in [6, 6.07) is 14.8. The SMILES string of the molecule is Cc1cccc(C(=O)Nc2ccc(S)cc2)c1. The van der Waals surface area contributed by atoms with Gasteiger partial charge in [-0.3, -0.25) is 4.79 Å². The summed E-state index contributed by atoms with van der Waals surface area (Å²) < 4.78 is 0. The molecule has 0 aromatic heterocycles. The quantitative estimate of drug-likeness (QED) is 0.776. The molecule has 1 N–H and O–H groups in total. The molecule has 0 atom stereocenters. The number of carbonyl (C=O) groups is 1. The summed E-state index contributed by atoms with van der Waals surface area (Å²) in [7, 11) is 0. The largest absolute Gasteiger partial charge is 0.322 e. The Morgan fingerprint density at radius 2 is 1.82 bits per heavy atom. The van der Waals surface area contributed by atoms with Gasteiger partial charge >= 0.3 is 0 Å². The van der Waals surface area contributed by atoms with Crippen LogP contribution in [0.5, 0.6) is 0 Å². The highest BCUT2D eigenvalue weighted by atomic mass is 32.1. The summed E-state index contributed by atoms with van der Waals surface area (Å²) >= 11 is 4.19. The van der Waals surface area contributed by atoms with Crippen LogP contribution < -0.4 is 5.32 Å². The van der Waals surface area contributed by atoms with Crippen LogP contribution in [0, 0.1) is 6.92 Å². The lowest BCUT2D eigenvalue weighted by Crippen LogP contribution is -2.11. The van der Waals surface area contributed by atoms with Crippen molar-refractivity contribution in [2.45, 2.75) is 11.8 Å². The van der Waals surface area contributed by atoms with Crippen molar-refractivity contribution in [1.29, 1.82) is 0 Å². The second kappa shape index (κ2) is 5.06. The van der Waals surface area contributed by atoms with Crippen LogP contribution in [-0.4, -0.2) is 5.91 Å². The van der Waals surface area contributed by atoms with Crippen LogP contribution in [0.1, 0.15) is 15.9 Å². The molecule has 2 nitrogen and oxygen atoms in total. The predicted octanol–water partition coefficient (Wildman–Crippen LogP) is 3.54. The van der Waals surface area contributed by atoms with Crippen molar-refractivity contribution in [2.75, 3.05) is 5.32 Å². The first kappa shape index (κ1) is 11.7. The fourth-order valence-corrected chi connectivity index (χ4v) is 1.68. The van der Waals surface area contributed by atoms with E-state index >= 15 is 0 Å². The monoisotopic (exact) mass is 243 g/mol. The van der Waals surface area contributed by atoms with E-state index in [2.05, 4.69) is 17.9 Å². The third kappa shape index (κ3) is 3.11. The zero-order valence-corrected chi connectivity index (χ0v) is 10.4. The van der Waals surface area contributed by atoms with Gasteiger partial charge in [-0.2, -0.15) is 0 Å². The Morgan fingerprint density at radius 1 is 1.12 bits per heavy atom. The van der Waals surface area contributed by atoms with E-state index in [0.29, 0.717) is 5.56 Å². The standard InChI is InChI=1S/C14H13NOS/c1-10-3-2-4-11(9-10)14(16)15-12-5-7-13(17)8-6-12/h2-9,17H,1H3,(H,15,16). The first-order chi connectivity index (χ1) is 8.15. The van der Waals surface area contributed by atoms with Crippen LogP contribution >= 0.6 is 12.6 Å². The second-order valence-corrected chi connectivity index (χ2v) is 4.39. The number of benzene rings is 2.